The Morgan fingerprint density at radius 1 is 1.27 bits per heavy atom. The maximum absolute atomic E-state index is 12.6. The third kappa shape index (κ3) is 2.13. The lowest BCUT2D eigenvalue weighted by atomic mass is 10.1. The number of benzene rings is 1. The molecule has 0 fully saturated rings. The fourth-order valence-electron chi connectivity index (χ4n) is 1.35. The molecule has 1 aromatic carbocycles. The van der Waals surface area contributed by atoms with E-state index in [1.807, 2.05) is 0 Å². The van der Waals surface area contributed by atoms with Gasteiger partial charge < -0.3 is 4.74 Å². The van der Waals surface area contributed by atoms with Crippen LogP contribution >= 0.6 is 0 Å². The van der Waals surface area contributed by atoms with Gasteiger partial charge in [0.2, 0.25) is 0 Å². The molecule has 15 heavy (non-hydrogen) atoms. The van der Waals surface area contributed by atoms with Crippen molar-refractivity contribution in [1.29, 1.82) is 0 Å². The number of cyclic esters (lactones) is 1. The molecule has 0 amide bonds. The van der Waals surface area contributed by atoms with Gasteiger partial charge in [0.25, 0.3) is 0 Å². The number of carbonyl (C=O) groups is 1. The molecule has 0 aromatic heterocycles. The molecule has 2 nitrogen and oxygen atoms in total. The van der Waals surface area contributed by atoms with Crippen molar-refractivity contribution < 1.29 is 13.9 Å². The van der Waals surface area contributed by atoms with Gasteiger partial charge in [-0.2, -0.15) is 0 Å². The smallest absolute Gasteiger partial charge is 0.343 e. The highest BCUT2D eigenvalue weighted by Gasteiger charge is 2.17. The lowest BCUT2D eigenvalue weighted by molar-refractivity contribution is -0.133. The molecule has 0 spiro atoms. The van der Waals surface area contributed by atoms with Crippen molar-refractivity contribution in [3.8, 4) is 0 Å². The van der Waals surface area contributed by atoms with Crippen molar-refractivity contribution in [2.45, 2.75) is 6.92 Å². The Balaban J connectivity index is 2.31. The summed E-state index contributed by atoms with van der Waals surface area (Å²) in [5.41, 5.74) is 1.26. The molecule has 1 aliphatic rings. The molecule has 0 saturated carbocycles. The van der Waals surface area contributed by atoms with Gasteiger partial charge in [-0.25, -0.2) is 9.18 Å². The summed E-state index contributed by atoms with van der Waals surface area (Å²) in [6.45, 7) is 1.71. The summed E-state index contributed by atoms with van der Waals surface area (Å²) in [6.07, 6.45) is 3.32. The van der Waals surface area contributed by atoms with Crippen LogP contribution in [-0.4, -0.2) is 5.97 Å². The van der Waals surface area contributed by atoms with E-state index in [2.05, 4.69) is 0 Å². The molecule has 1 aromatic rings. The zero-order chi connectivity index (χ0) is 10.8. The molecule has 1 heterocycles. The Bertz CT molecular complexity index is 455. The maximum Gasteiger partial charge on any atom is 0.343 e. The molecule has 3 heteroatoms. The van der Waals surface area contributed by atoms with Gasteiger partial charge in [0.15, 0.2) is 0 Å². The molecular weight excluding hydrogens is 195 g/mol. The Labute approximate surface area is 86.7 Å². The van der Waals surface area contributed by atoms with E-state index in [0.717, 1.165) is 5.56 Å². The van der Waals surface area contributed by atoms with E-state index < -0.39 is 0 Å². The van der Waals surface area contributed by atoms with Gasteiger partial charge in [0.1, 0.15) is 11.6 Å². The fraction of sp³-hybridized carbons (Fsp3) is 0.0833. The third-order valence-corrected chi connectivity index (χ3v) is 2.04. The van der Waals surface area contributed by atoms with Crippen LogP contribution in [0.15, 0.2) is 41.7 Å². The molecule has 0 saturated heterocycles. The molecule has 2 rings (SSSR count). The summed E-state index contributed by atoms with van der Waals surface area (Å²) in [6, 6.07) is 5.92. The Morgan fingerprint density at radius 2 is 1.93 bits per heavy atom. The summed E-state index contributed by atoms with van der Waals surface area (Å²) >= 11 is 0. The van der Waals surface area contributed by atoms with Gasteiger partial charge in [-0.15, -0.1) is 0 Å². The zero-order valence-electron chi connectivity index (χ0n) is 8.16. The van der Waals surface area contributed by atoms with E-state index in [-0.39, 0.29) is 11.8 Å². The van der Waals surface area contributed by atoms with Crippen molar-refractivity contribution in [2.75, 3.05) is 0 Å². The molecule has 0 radical (unpaired) electrons. The molecular formula is C12H9FO2. The summed E-state index contributed by atoms with van der Waals surface area (Å²) in [5.74, 6) is -0.0805. The minimum absolute atomic E-state index is 0.294. The van der Waals surface area contributed by atoms with Gasteiger partial charge in [0.05, 0.1) is 5.57 Å². The van der Waals surface area contributed by atoms with Crippen LogP contribution in [0.1, 0.15) is 12.5 Å². The van der Waals surface area contributed by atoms with Crippen LogP contribution in [0.3, 0.4) is 0 Å². The SMILES string of the molecule is CC1=C/C(=C\c2ccc(F)cc2)C(=O)O1. The first-order valence-corrected chi connectivity index (χ1v) is 4.53. The Kier molecular flexibility index (Phi) is 2.37. The lowest BCUT2D eigenvalue weighted by Gasteiger charge is -1.94. The molecule has 1 aliphatic heterocycles. The second kappa shape index (κ2) is 3.69. The number of rotatable bonds is 1. The number of hydrogen-bond acceptors (Lipinski definition) is 2. The lowest BCUT2D eigenvalue weighted by Crippen LogP contribution is -1.96. The predicted molar refractivity (Wildman–Crippen MR) is 54.2 cm³/mol. The summed E-state index contributed by atoms with van der Waals surface area (Å²) < 4.78 is 17.5. The van der Waals surface area contributed by atoms with Crippen LogP contribution in [-0.2, 0) is 9.53 Å². The van der Waals surface area contributed by atoms with Crippen LogP contribution in [0.2, 0.25) is 0 Å². The van der Waals surface area contributed by atoms with Crippen LogP contribution in [0.25, 0.3) is 6.08 Å². The molecule has 0 N–H and O–H groups in total. The van der Waals surface area contributed by atoms with Crippen LogP contribution in [0, 0.1) is 5.82 Å². The summed E-state index contributed by atoms with van der Waals surface area (Å²) in [5, 5.41) is 0. The minimum atomic E-state index is -0.364. The van der Waals surface area contributed by atoms with Crippen molar-refractivity contribution >= 4 is 12.0 Å². The quantitative estimate of drug-likeness (QED) is 0.519. The van der Waals surface area contributed by atoms with Gasteiger partial charge in [-0.3, -0.25) is 0 Å². The van der Waals surface area contributed by atoms with Gasteiger partial charge in [0, 0.05) is 0 Å². The predicted octanol–water partition coefficient (Wildman–Crippen LogP) is 2.67. The number of ether oxygens (including phenoxy) is 1. The van der Waals surface area contributed by atoms with Crippen molar-refractivity contribution in [1.82, 2.24) is 0 Å². The first-order chi connectivity index (χ1) is 7.15. The first-order valence-electron chi connectivity index (χ1n) is 4.53. The fourth-order valence-corrected chi connectivity index (χ4v) is 1.35. The van der Waals surface area contributed by atoms with Crippen LogP contribution < -0.4 is 0 Å². The minimum Gasteiger partial charge on any atom is -0.428 e. The average molecular weight is 204 g/mol. The standard InChI is InChI=1S/C12H9FO2/c1-8-6-10(12(14)15-8)7-9-2-4-11(13)5-3-9/h2-7H,1H3/b10-7+. The molecule has 0 bridgehead atoms. The van der Waals surface area contributed by atoms with Gasteiger partial charge >= 0.3 is 5.97 Å². The number of hydrogen-bond donors (Lipinski definition) is 0. The average Bonchev–Trinajstić information content (AvgIpc) is 2.49. The largest absolute Gasteiger partial charge is 0.428 e. The highest BCUT2D eigenvalue weighted by Crippen LogP contribution is 2.19. The van der Waals surface area contributed by atoms with E-state index in [0.29, 0.717) is 11.3 Å². The second-order valence-corrected chi connectivity index (χ2v) is 3.30. The van der Waals surface area contributed by atoms with Gasteiger partial charge in [-0.1, -0.05) is 12.1 Å². The topological polar surface area (TPSA) is 26.3 Å². The molecule has 76 valence electrons. The summed E-state index contributed by atoms with van der Waals surface area (Å²) in [4.78, 5) is 11.2. The van der Waals surface area contributed by atoms with E-state index in [9.17, 15) is 9.18 Å². The third-order valence-electron chi connectivity index (χ3n) is 2.04. The maximum atomic E-state index is 12.6. The Hall–Kier alpha value is -1.90. The van der Waals surface area contributed by atoms with Crippen LogP contribution in [0.4, 0.5) is 4.39 Å². The van der Waals surface area contributed by atoms with Crippen molar-refractivity contribution in [2.24, 2.45) is 0 Å². The number of carbonyl (C=O) groups excluding carboxylic acids is 1. The highest BCUT2D eigenvalue weighted by molar-refractivity contribution is 5.99. The number of halogens is 1. The second-order valence-electron chi connectivity index (χ2n) is 3.30. The zero-order valence-corrected chi connectivity index (χ0v) is 8.16. The number of esters is 1. The van der Waals surface area contributed by atoms with Crippen molar-refractivity contribution in [3.05, 3.63) is 53.1 Å². The monoisotopic (exact) mass is 204 g/mol. The molecule has 0 atom stereocenters. The Morgan fingerprint density at radius 3 is 2.47 bits per heavy atom. The number of allylic oxidation sites excluding steroid dienone is 1. The van der Waals surface area contributed by atoms with E-state index in [1.165, 1.54) is 12.1 Å². The van der Waals surface area contributed by atoms with Crippen LogP contribution in [0.5, 0.6) is 0 Å². The normalized spacial score (nSPS) is 17.9. The first kappa shape index (κ1) is 9.65. The van der Waals surface area contributed by atoms with E-state index in [1.54, 1.807) is 31.2 Å². The molecule has 0 aliphatic carbocycles. The molecule has 0 unspecified atom stereocenters. The van der Waals surface area contributed by atoms with Gasteiger partial charge in [-0.05, 0) is 36.8 Å². The highest BCUT2D eigenvalue weighted by atomic mass is 19.1. The van der Waals surface area contributed by atoms with E-state index >= 15 is 0 Å². The summed E-state index contributed by atoms with van der Waals surface area (Å²) in [7, 11) is 0. The van der Waals surface area contributed by atoms with Crippen molar-refractivity contribution in [3.63, 3.8) is 0 Å². The van der Waals surface area contributed by atoms with E-state index in [4.69, 9.17) is 4.74 Å².